The average molecular weight is 335 g/mol. The molecule has 2 amide bonds. The number of hydrogen-bond acceptors (Lipinski definition) is 3. The van der Waals surface area contributed by atoms with E-state index in [2.05, 4.69) is 36.5 Å². The van der Waals surface area contributed by atoms with Gasteiger partial charge >= 0.3 is 6.03 Å². The highest BCUT2D eigenvalue weighted by atomic mass is 79.9. The second-order valence-corrected chi connectivity index (χ2v) is 5.27. The van der Waals surface area contributed by atoms with Crippen LogP contribution in [0.25, 0.3) is 0 Å². The molecular weight excluding hydrogens is 320 g/mol. The van der Waals surface area contributed by atoms with Crippen molar-refractivity contribution in [2.24, 2.45) is 0 Å². The lowest BCUT2D eigenvalue weighted by atomic mass is 10.2. The molecule has 2 rings (SSSR count). The minimum atomic E-state index is -0.319. The molecular formula is C14H15BrN4O. The zero-order valence-electron chi connectivity index (χ0n) is 11.2. The maximum absolute atomic E-state index is 11.9. The van der Waals surface area contributed by atoms with Gasteiger partial charge in [0.05, 0.1) is 16.2 Å². The first-order valence-corrected chi connectivity index (χ1v) is 6.96. The molecule has 2 heterocycles. The Morgan fingerprint density at radius 2 is 2.15 bits per heavy atom. The first-order valence-electron chi connectivity index (χ1n) is 6.17. The summed E-state index contributed by atoms with van der Waals surface area (Å²) in [5.74, 6) is 0.487. The highest BCUT2D eigenvalue weighted by Gasteiger charge is 2.12. The van der Waals surface area contributed by atoms with Crippen molar-refractivity contribution in [1.82, 2.24) is 15.3 Å². The molecule has 0 aromatic carbocycles. The van der Waals surface area contributed by atoms with Crippen LogP contribution < -0.4 is 10.6 Å². The van der Waals surface area contributed by atoms with Gasteiger partial charge in [-0.15, -0.1) is 0 Å². The number of nitrogens with one attached hydrogen (secondary N) is 2. The van der Waals surface area contributed by atoms with Crippen LogP contribution in [0, 0.1) is 6.92 Å². The molecule has 0 fully saturated rings. The van der Waals surface area contributed by atoms with Gasteiger partial charge in [-0.25, -0.2) is 9.78 Å². The van der Waals surface area contributed by atoms with Crippen LogP contribution in [0.1, 0.15) is 24.2 Å². The Balaban J connectivity index is 1.99. The van der Waals surface area contributed by atoms with Crippen LogP contribution in [0.3, 0.4) is 0 Å². The molecule has 5 nitrogen and oxygen atoms in total. The highest BCUT2D eigenvalue weighted by Crippen LogP contribution is 2.20. The Morgan fingerprint density at radius 3 is 2.80 bits per heavy atom. The number of pyridine rings is 2. The first-order chi connectivity index (χ1) is 9.56. The summed E-state index contributed by atoms with van der Waals surface area (Å²) in [6.45, 7) is 3.81. The number of amides is 2. The van der Waals surface area contributed by atoms with Gasteiger partial charge in [0.1, 0.15) is 5.82 Å². The van der Waals surface area contributed by atoms with E-state index < -0.39 is 0 Å². The molecule has 104 valence electrons. The van der Waals surface area contributed by atoms with Crippen LogP contribution >= 0.6 is 15.9 Å². The minimum Gasteiger partial charge on any atom is -0.330 e. The molecule has 0 aliphatic heterocycles. The third kappa shape index (κ3) is 3.77. The van der Waals surface area contributed by atoms with Gasteiger partial charge in [0, 0.05) is 12.4 Å². The SMILES string of the molecule is Cc1cnc(NC(=O)N[C@@H](C)c2ccccn2)c(Br)c1. The van der Waals surface area contributed by atoms with Crippen LogP contribution in [0.4, 0.5) is 10.6 Å². The van der Waals surface area contributed by atoms with Gasteiger partial charge in [0.25, 0.3) is 0 Å². The molecule has 0 bridgehead atoms. The van der Waals surface area contributed by atoms with Crippen LogP contribution in [-0.2, 0) is 0 Å². The molecule has 0 aliphatic carbocycles. The molecule has 2 aromatic heterocycles. The van der Waals surface area contributed by atoms with Crippen molar-refractivity contribution in [3.63, 3.8) is 0 Å². The Labute approximate surface area is 126 Å². The Kier molecular flexibility index (Phi) is 4.68. The number of anilines is 1. The number of halogens is 1. The lowest BCUT2D eigenvalue weighted by molar-refractivity contribution is 0.249. The van der Waals surface area contributed by atoms with Crippen LogP contribution in [0.15, 0.2) is 41.1 Å². The van der Waals surface area contributed by atoms with Crippen molar-refractivity contribution in [2.45, 2.75) is 19.9 Å². The van der Waals surface area contributed by atoms with Crippen molar-refractivity contribution in [3.8, 4) is 0 Å². The van der Waals surface area contributed by atoms with Gasteiger partial charge in [0.2, 0.25) is 0 Å². The summed E-state index contributed by atoms with van der Waals surface area (Å²) in [5.41, 5.74) is 1.82. The van der Waals surface area contributed by atoms with Gasteiger partial charge in [-0.3, -0.25) is 10.3 Å². The Hall–Kier alpha value is -1.95. The van der Waals surface area contributed by atoms with E-state index in [9.17, 15) is 4.79 Å². The second kappa shape index (κ2) is 6.47. The van der Waals surface area contributed by atoms with Crippen molar-refractivity contribution < 1.29 is 4.79 Å². The molecule has 0 saturated carbocycles. The van der Waals surface area contributed by atoms with Crippen LogP contribution in [-0.4, -0.2) is 16.0 Å². The summed E-state index contributed by atoms with van der Waals surface area (Å²) in [4.78, 5) is 20.3. The van der Waals surface area contributed by atoms with E-state index in [-0.39, 0.29) is 12.1 Å². The molecule has 0 spiro atoms. The van der Waals surface area contributed by atoms with Crippen molar-refractivity contribution in [3.05, 3.63) is 52.4 Å². The molecule has 0 unspecified atom stereocenters. The van der Waals surface area contributed by atoms with Crippen LogP contribution in [0.5, 0.6) is 0 Å². The van der Waals surface area contributed by atoms with Crippen molar-refractivity contribution >= 4 is 27.8 Å². The minimum absolute atomic E-state index is 0.180. The number of nitrogens with zero attached hydrogens (tertiary/aromatic N) is 2. The fourth-order valence-corrected chi connectivity index (χ4v) is 2.23. The van der Waals surface area contributed by atoms with Gasteiger partial charge in [-0.05, 0) is 53.5 Å². The van der Waals surface area contributed by atoms with E-state index in [4.69, 9.17) is 0 Å². The molecule has 1 atom stereocenters. The lowest BCUT2D eigenvalue weighted by Crippen LogP contribution is -2.31. The molecule has 2 N–H and O–H groups in total. The number of hydrogen-bond donors (Lipinski definition) is 2. The summed E-state index contributed by atoms with van der Waals surface area (Å²) in [7, 11) is 0. The van der Waals surface area contributed by atoms with E-state index in [1.807, 2.05) is 38.1 Å². The molecule has 0 saturated heterocycles. The highest BCUT2D eigenvalue weighted by molar-refractivity contribution is 9.10. The van der Waals surface area contributed by atoms with E-state index in [0.29, 0.717) is 5.82 Å². The van der Waals surface area contributed by atoms with Crippen molar-refractivity contribution in [1.29, 1.82) is 0 Å². The van der Waals surface area contributed by atoms with E-state index in [1.165, 1.54) is 0 Å². The maximum Gasteiger partial charge on any atom is 0.320 e. The largest absolute Gasteiger partial charge is 0.330 e. The fraction of sp³-hybridized carbons (Fsp3) is 0.214. The number of rotatable bonds is 3. The summed E-state index contributed by atoms with van der Waals surface area (Å²) >= 11 is 3.37. The third-order valence-corrected chi connectivity index (χ3v) is 3.29. The second-order valence-electron chi connectivity index (χ2n) is 4.42. The van der Waals surface area contributed by atoms with E-state index in [1.54, 1.807) is 12.4 Å². The molecule has 0 radical (unpaired) electrons. The predicted molar refractivity (Wildman–Crippen MR) is 81.5 cm³/mol. The number of aryl methyl sites for hydroxylation is 1. The number of carbonyl (C=O) groups is 1. The zero-order valence-corrected chi connectivity index (χ0v) is 12.8. The zero-order chi connectivity index (χ0) is 14.5. The van der Waals surface area contributed by atoms with Gasteiger partial charge in [-0.1, -0.05) is 6.07 Å². The normalized spacial score (nSPS) is 11.8. The van der Waals surface area contributed by atoms with Gasteiger partial charge in [-0.2, -0.15) is 0 Å². The summed E-state index contributed by atoms with van der Waals surface area (Å²) in [5, 5.41) is 5.52. The smallest absolute Gasteiger partial charge is 0.320 e. The number of aromatic nitrogens is 2. The van der Waals surface area contributed by atoms with Crippen LogP contribution in [0.2, 0.25) is 0 Å². The summed E-state index contributed by atoms with van der Waals surface area (Å²) in [6.07, 6.45) is 3.39. The molecule has 20 heavy (non-hydrogen) atoms. The van der Waals surface area contributed by atoms with Gasteiger partial charge < -0.3 is 5.32 Å². The van der Waals surface area contributed by atoms with Gasteiger partial charge in [0.15, 0.2) is 0 Å². The average Bonchev–Trinajstić information content (AvgIpc) is 2.43. The van der Waals surface area contributed by atoms with Crippen molar-refractivity contribution in [2.75, 3.05) is 5.32 Å². The number of urea groups is 1. The molecule has 6 heteroatoms. The van der Waals surface area contributed by atoms with E-state index >= 15 is 0 Å². The predicted octanol–water partition coefficient (Wildman–Crippen LogP) is 3.43. The Morgan fingerprint density at radius 1 is 1.35 bits per heavy atom. The third-order valence-electron chi connectivity index (χ3n) is 2.69. The first kappa shape index (κ1) is 14.5. The lowest BCUT2D eigenvalue weighted by Gasteiger charge is -2.14. The standard InChI is InChI=1S/C14H15BrN4O/c1-9-7-11(15)13(17-8-9)19-14(20)18-10(2)12-5-3-4-6-16-12/h3-8,10H,1-2H3,(H2,17,18,19,20)/t10-/m0/s1. The fourth-order valence-electron chi connectivity index (χ4n) is 1.67. The molecule has 2 aromatic rings. The monoisotopic (exact) mass is 334 g/mol. The topological polar surface area (TPSA) is 66.9 Å². The number of carbonyl (C=O) groups excluding carboxylic acids is 1. The quantitative estimate of drug-likeness (QED) is 0.903. The summed E-state index contributed by atoms with van der Waals surface area (Å²) < 4.78 is 0.748. The van der Waals surface area contributed by atoms with E-state index in [0.717, 1.165) is 15.7 Å². The Bertz CT molecular complexity index is 603. The summed E-state index contributed by atoms with van der Waals surface area (Å²) in [6, 6.07) is 6.98. The molecule has 0 aliphatic rings. The maximum atomic E-state index is 11.9.